The molecule has 9 rings (SSSR count). The summed E-state index contributed by atoms with van der Waals surface area (Å²) in [5.41, 5.74) is 0.712. The molecule has 8 aliphatic rings. The van der Waals surface area contributed by atoms with Gasteiger partial charge in [0, 0.05) is 41.3 Å². The van der Waals surface area contributed by atoms with Gasteiger partial charge in [0.2, 0.25) is 0 Å². The molecule has 6 nitrogen and oxygen atoms in total. The fraction of sp³-hybridized carbons (Fsp3) is 0.750. The lowest BCUT2D eigenvalue weighted by Gasteiger charge is -2.69. The molecule has 34 heavy (non-hydrogen) atoms. The van der Waals surface area contributed by atoms with Crippen LogP contribution in [-0.2, 0) is 11.2 Å². The fourth-order valence-electron chi connectivity index (χ4n) is 11.0. The van der Waals surface area contributed by atoms with Crippen LogP contribution in [0.15, 0.2) is 12.1 Å². The highest BCUT2D eigenvalue weighted by Gasteiger charge is 3.04. The monoisotopic (exact) mass is 462 g/mol. The minimum Gasteiger partial charge on any atom is -0.493 e. The summed E-state index contributed by atoms with van der Waals surface area (Å²) >= 11 is 0. The summed E-state index contributed by atoms with van der Waals surface area (Å²) in [6.07, 6.45) is 6.20. The number of fused-ring (bicyclic) bond motifs is 2. The molecule has 2 heterocycles. The molecule has 0 aromatic heterocycles. The molecule has 1 saturated heterocycles. The van der Waals surface area contributed by atoms with Crippen molar-refractivity contribution in [3.05, 3.63) is 23.3 Å². The first kappa shape index (κ1) is 20.2. The number of likely N-dealkylation sites (tertiary alicyclic amines) is 1. The summed E-state index contributed by atoms with van der Waals surface area (Å²) in [5.74, 6) is 2.41. The SMILES string of the molecule is COc1ccc2c3c1OC1C4(OC)CCC5(CC4C(C)(O)C(C)(C)C)C4N(C#N)[C@]4(C2)[C@@H]2[C@@H]3C125. The van der Waals surface area contributed by atoms with Crippen molar-refractivity contribution in [2.45, 2.75) is 88.2 Å². The van der Waals surface area contributed by atoms with Crippen LogP contribution in [0.4, 0.5) is 0 Å². The second-order valence-electron chi connectivity index (χ2n) is 13.6. The maximum Gasteiger partial charge on any atom is 0.180 e. The van der Waals surface area contributed by atoms with Gasteiger partial charge in [-0.15, -0.1) is 0 Å². The van der Waals surface area contributed by atoms with Crippen LogP contribution < -0.4 is 9.47 Å². The third-order valence-electron chi connectivity index (χ3n) is 12.5. The Hall–Kier alpha value is -1.97. The van der Waals surface area contributed by atoms with Gasteiger partial charge in [0.25, 0.3) is 0 Å². The minimum atomic E-state index is -0.949. The van der Waals surface area contributed by atoms with Crippen LogP contribution in [0.3, 0.4) is 0 Å². The van der Waals surface area contributed by atoms with Gasteiger partial charge in [-0.1, -0.05) is 26.8 Å². The number of rotatable bonds is 3. The van der Waals surface area contributed by atoms with Gasteiger partial charge in [-0.05, 0) is 49.7 Å². The second kappa shape index (κ2) is 5.11. The molecular formula is C28H34N2O4. The molecule has 2 bridgehead atoms. The van der Waals surface area contributed by atoms with Crippen molar-refractivity contribution in [2.75, 3.05) is 14.2 Å². The number of piperidine rings is 1. The van der Waals surface area contributed by atoms with Crippen molar-refractivity contribution >= 4 is 0 Å². The zero-order valence-corrected chi connectivity index (χ0v) is 20.9. The van der Waals surface area contributed by atoms with E-state index in [1.165, 1.54) is 11.1 Å². The van der Waals surface area contributed by atoms with E-state index >= 15 is 0 Å². The van der Waals surface area contributed by atoms with Crippen molar-refractivity contribution in [3.8, 4) is 17.7 Å². The first-order valence-corrected chi connectivity index (χ1v) is 12.9. The molecule has 1 N–H and O–H groups in total. The predicted octanol–water partition coefficient (Wildman–Crippen LogP) is 3.61. The van der Waals surface area contributed by atoms with E-state index in [4.69, 9.17) is 14.2 Å². The molecular weight excluding hydrogens is 428 g/mol. The van der Waals surface area contributed by atoms with Crippen LogP contribution in [0, 0.1) is 39.5 Å². The molecule has 0 radical (unpaired) electrons. The predicted molar refractivity (Wildman–Crippen MR) is 123 cm³/mol. The fourth-order valence-corrected chi connectivity index (χ4v) is 11.0. The molecule has 5 saturated carbocycles. The standard InChI is InChI=1S/C28H34N2O4/c1-23(2,3)24(4,31)16-12-25-9-10-27(16,33-6)22-28(25)18-17-14(7-8-15(32-5)19(17)34-22)11-26(20(18)28)21(25)30(26)13-29/h7-8,16,18,20-22,31H,9-12H2,1-6H3/t16?,18-,20+,21?,22?,24?,25?,26-,27?,28?,30?/m1/s1. The Labute approximate surface area is 201 Å². The van der Waals surface area contributed by atoms with Crippen molar-refractivity contribution < 1.29 is 19.3 Å². The van der Waals surface area contributed by atoms with E-state index in [-0.39, 0.29) is 39.8 Å². The van der Waals surface area contributed by atoms with Gasteiger partial charge in [-0.3, -0.25) is 4.90 Å². The summed E-state index contributed by atoms with van der Waals surface area (Å²) in [5, 5.41) is 22.4. The van der Waals surface area contributed by atoms with Gasteiger partial charge < -0.3 is 19.3 Å². The van der Waals surface area contributed by atoms with Crippen LogP contribution in [0.25, 0.3) is 0 Å². The Morgan fingerprint density at radius 1 is 1.21 bits per heavy atom. The van der Waals surface area contributed by atoms with Crippen LogP contribution >= 0.6 is 0 Å². The maximum atomic E-state index is 12.2. The van der Waals surface area contributed by atoms with Crippen molar-refractivity contribution in [3.63, 3.8) is 0 Å². The number of nitrogens with zero attached hydrogens (tertiary/aromatic N) is 2. The Kier molecular flexibility index (Phi) is 3.04. The van der Waals surface area contributed by atoms with Gasteiger partial charge in [-0.25, -0.2) is 0 Å². The van der Waals surface area contributed by atoms with E-state index in [1.54, 1.807) is 7.11 Å². The molecule has 6 aliphatic carbocycles. The van der Waals surface area contributed by atoms with Crippen molar-refractivity contribution in [2.24, 2.45) is 28.1 Å². The Morgan fingerprint density at radius 2 is 1.97 bits per heavy atom. The maximum absolute atomic E-state index is 12.2. The smallest absolute Gasteiger partial charge is 0.180 e. The van der Waals surface area contributed by atoms with Crippen LogP contribution in [0.2, 0.25) is 0 Å². The first-order valence-electron chi connectivity index (χ1n) is 12.9. The number of hydrogen-bond donors (Lipinski definition) is 1. The van der Waals surface area contributed by atoms with Gasteiger partial charge in [0.1, 0.15) is 11.7 Å². The molecule has 0 amide bonds. The molecule has 10 atom stereocenters. The molecule has 2 aliphatic heterocycles. The molecule has 1 aromatic carbocycles. The average Bonchev–Trinajstić information content (AvgIpc) is 3.66. The normalized spacial score (nSPS) is 51.0. The zero-order valence-electron chi connectivity index (χ0n) is 20.9. The molecule has 6 heteroatoms. The topological polar surface area (TPSA) is 74.7 Å². The number of ether oxygens (including phenoxy) is 3. The van der Waals surface area contributed by atoms with E-state index in [9.17, 15) is 10.4 Å². The average molecular weight is 463 g/mol. The lowest BCUT2D eigenvalue weighted by atomic mass is 9.41. The van der Waals surface area contributed by atoms with E-state index in [0.29, 0.717) is 11.8 Å². The third kappa shape index (κ3) is 1.52. The van der Waals surface area contributed by atoms with Crippen molar-refractivity contribution in [1.82, 2.24) is 4.90 Å². The number of benzene rings is 1. The number of nitriles is 1. The summed E-state index contributed by atoms with van der Waals surface area (Å²) in [6.45, 7) is 8.38. The van der Waals surface area contributed by atoms with E-state index in [0.717, 1.165) is 37.2 Å². The third-order valence-corrected chi connectivity index (χ3v) is 12.5. The molecule has 3 spiro atoms. The van der Waals surface area contributed by atoms with Gasteiger partial charge in [-0.2, -0.15) is 5.26 Å². The Balaban J connectivity index is 1.43. The minimum absolute atomic E-state index is 0.00560. The number of hydrogen-bond acceptors (Lipinski definition) is 6. The lowest BCUT2D eigenvalue weighted by molar-refractivity contribution is -0.301. The van der Waals surface area contributed by atoms with E-state index < -0.39 is 11.2 Å². The highest BCUT2D eigenvalue weighted by Crippen LogP contribution is 2.99. The summed E-state index contributed by atoms with van der Waals surface area (Å²) in [7, 11) is 3.54. The summed E-state index contributed by atoms with van der Waals surface area (Å²) < 4.78 is 19.5. The first-order chi connectivity index (χ1) is 16.0. The largest absolute Gasteiger partial charge is 0.493 e. The molecule has 6 fully saturated rings. The highest BCUT2D eigenvalue weighted by molar-refractivity contribution is 5.69. The number of aliphatic hydroxyl groups is 1. The summed E-state index contributed by atoms with van der Waals surface area (Å²) in [6, 6.07) is 4.49. The molecule has 1 aromatic rings. The van der Waals surface area contributed by atoms with Gasteiger partial charge in [0.05, 0.1) is 24.3 Å². The second-order valence-corrected chi connectivity index (χ2v) is 13.6. The van der Waals surface area contributed by atoms with Gasteiger partial charge in [0.15, 0.2) is 17.7 Å². The van der Waals surface area contributed by atoms with Crippen LogP contribution in [-0.4, -0.2) is 53.1 Å². The zero-order chi connectivity index (χ0) is 23.8. The molecule has 7 unspecified atom stereocenters. The van der Waals surface area contributed by atoms with Crippen LogP contribution in [0.1, 0.15) is 64.0 Å². The lowest BCUT2D eigenvalue weighted by Crippen LogP contribution is -2.76. The summed E-state index contributed by atoms with van der Waals surface area (Å²) in [4.78, 5) is 2.15. The molecule has 180 valence electrons. The quantitative estimate of drug-likeness (QED) is 0.546. The number of methoxy groups -OCH3 is 2. The highest BCUT2D eigenvalue weighted by atomic mass is 16.6. The van der Waals surface area contributed by atoms with Gasteiger partial charge >= 0.3 is 0 Å². The Bertz CT molecular complexity index is 1230. The van der Waals surface area contributed by atoms with E-state index in [1.807, 2.05) is 20.1 Å². The van der Waals surface area contributed by atoms with E-state index in [2.05, 4.69) is 37.9 Å². The Morgan fingerprint density at radius 3 is 2.62 bits per heavy atom. The van der Waals surface area contributed by atoms with Crippen molar-refractivity contribution in [1.29, 1.82) is 5.26 Å². The van der Waals surface area contributed by atoms with Crippen LogP contribution in [0.5, 0.6) is 11.5 Å².